The molecular weight excluding hydrogens is 118 g/mol. The first kappa shape index (κ1) is 4.99. The second-order valence-electron chi connectivity index (χ2n) is 2.23. The van der Waals surface area contributed by atoms with Gasteiger partial charge in [0.05, 0.1) is 12.6 Å². The van der Waals surface area contributed by atoms with E-state index in [-0.39, 0.29) is 11.9 Å². The maximum Gasteiger partial charge on any atom is 0.248 e. The van der Waals surface area contributed by atoms with Gasteiger partial charge in [0, 0.05) is 6.08 Å². The largest absolute Gasteiger partial charge is 0.359 e. The number of nitrogens with zero attached hydrogens (tertiary/aromatic N) is 1. The Morgan fingerprint density at radius 2 is 2.67 bits per heavy atom. The molecule has 1 saturated heterocycles. The summed E-state index contributed by atoms with van der Waals surface area (Å²) in [7, 11) is 0. The van der Waals surface area contributed by atoms with Gasteiger partial charge in [-0.1, -0.05) is 6.08 Å². The van der Waals surface area contributed by atoms with Crippen LogP contribution in [0.1, 0.15) is 0 Å². The summed E-state index contributed by atoms with van der Waals surface area (Å²) in [6.07, 6.45) is 3.49. The van der Waals surface area contributed by atoms with E-state index in [1.165, 1.54) is 0 Å². The highest BCUT2D eigenvalue weighted by Gasteiger charge is 2.30. The fraction of sp³-hybridized carbons (Fsp3) is 0.500. The van der Waals surface area contributed by atoms with Crippen LogP contribution in [0.15, 0.2) is 12.2 Å². The number of ether oxygens (including phenoxy) is 1. The van der Waals surface area contributed by atoms with Gasteiger partial charge in [0.15, 0.2) is 0 Å². The Morgan fingerprint density at radius 1 is 1.78 bits per heavy atom. The number of carbonyl (C=O) groups excluding carboxylic acids is 1. The molecule has 1 fully saturated rings. The molecule has 0 saturated carbocycles. The lowest BCUT2D eigenvalue weighted by Gasteiger charge is -2.10. The predicted molar refractivity (Wildman–Crippen MR) is 30.6 cm³/mol. The van der Waals surface area contributed by atoms with Gasteiger partial charge in [-0.2, -0.15) is 0 Å². The predicted octanol–water partition coefficient (Wildman–Crippen LogP) is -0.259. The highest BCUT2D eigenvalue weighted by atomic mass is 16.5. The molecule has 2 rings (SSSR count). The fourth-order valence-electron chi connectivity index (χ4n) is 1.13. The van der Waals surface area contributed by atoms with Crippen molar-refractivity contribution in [2.75, 3.05) is 13.3 Å². The van der Waals surface area contributed by atoms with Gasteiger partial charge in [0.1, 0.15) is 6.73 Å². The number of hydrogen-bond donors (Lipinski definition) is 0. The van der Waals surface area contributed by atoms with Crippen LogP contribution in [0.5, 0.6) is 0 Å². The number of amides is 1. The molecule has 3 nitrogen and oxygen atoms in total. The van der Waals surface area contributed by atoms with Crippen LogP contribution in [0.3, 0.4) is 0 Å². The summed E-state index contributed by atoms with van der Waals surface area (Å²) in [5.74, 6) is 0.0810. The van der Waals surface area contributed by atoms with Crippen molar-refractivity contribution in [2.24, 2.45) is 0 Å². The highest BCUT2D eigenvalue weighted by molar-refractivity contribution is 5.90. The van der Waals surface area contributed by atoms with Crippen LogP contribution in [0.25, 0.3) is 0 Å². The number of fused-ring (bicyclic) bond motifs is 1. The van der Waals surface area contributed by atoms with Crippen molar-refractivity contribution in [1.29, 1.82) is 0 Å². The third kappa shape index (κ3) is 0.580. The zero-order valence-electron chi connectivity index (χ0n) is 4.91. The van der Waals surface area contributed by atoms with Crippen LogP contribution >= 0.6 is 0 Å². The molecule has 1 atom stereocenters. The van der Waals surface area contributed by atoms with Crippen LogP contribution in [0.4, 0.5) is 0 Å². The van der Waals surface area contributed by atoms with Crippen LogP contribution in [0, 0.1) is 0 Å². The lowest BCUT2D eigenvalue weighted by atomic mass is 10.3. The lowest BCUT2D eigenvalue weighted by molar-refractivity contribution is -0.126. The average Bonchev–Trinajstić information content (AvgIpc) is 2.35. The van der Waals surface area contributed by atoms with Crippen LogP contribution in [0.2, 0.25) is 0 Å². The van der Waals surface area contributed by atoms with Gasteiger partial charge in [0.25, 0.3) is 0 Å². The molecule has 0 radical (unpaired) electrons. The topological polar surface area (TPSA) is 29.5 Å². The standard InChI is InChI=1S/C6H7NO2/c8-6-2-1-5-3-9-4-7(5)6/h1-2,5H,3-4H2/t5-/m0/s1. The molecule has 48 valence electrons. The third-order valence-corrected chi connectivity index (χ3v) is 1.66. The molecule has 1 amide bonds. The van der Waals surface area contributed by atoms with Crippen molar-refractivity contribution in [3.63, 3.8) is 0 Å². The second kappa shape index (κ2) is 1.57. The van der Waals surface area contributed by atoms with E-state index in [4.69, 9.17) is 4.74 Å². The minimum absolute atomic E-state index is 0.0810. The van der Waals surface area contributed by atoms with Crippen molar-refractivity contribution in [3.8, 4) is 0 Å². The molecule has 0 unspecified atom stereocenters. The minimum atomic E-state index is 0.0810. The van der Waals surface area contributed by atoms with E-state index in [1.807, 2.05) is 6.08 Å². The zero-order chi connectivity index (χ0) is 6.27. The Bertz CT molecular complexity index is 176. The summed E-state index contributed by atoms with van der Waals surface area (Å²) < 4.78 is 5.04. The van der Waals surface area contributed by atoms with Gasteiger partial charge in [-0.3, -0.25) is 4.79 Å². The minimum Gasteiger partial charge on any atom is -0.359 e. The third-order valence-electron chi connectivity index (χ3n) is 1.66. The Labute approximate surface area is 52.9 Å². The Morgan fingerprint density at radius 3 is 3.44 bits per heavy atom. The molecule has 2 aliphatic heterocycles. The molecule has 0 spiro atoms. The van der Waals surface area contributed by atoms with Gasteiger partial charge in [-0.05, 0) is 0 Å². The second-order valence-corrected chi connectivity index (χ2v) is 2.23. The maximum absolute atomic E-state index is 10.8. The van der Waals surface area contributed by atoms with E-state index < -0.39 is 0 Å². The van der Waals surface area contributed by atoms with E-state index in [9.17, 15) is 4.79 Å². The molecule has 0 N–H and O–H groups in total. The molecule has 0 aromatic carbocycles. The van der Waals surface area contributed by atoms with Gasteiger partial charge in [0.2, 0.25) is 5.91 Å². The molecule has 3 heteroatoms. The first-order chi connectivity index (χ1) is 4.38. The zero-order valence-corrected chi connectivity index (χ0v) is 4.91. The van der Waals surface area contributed by atoms with Crippen molar-refractivity contribution in [1.82, 2.24) is 4.90 Å². The number of hydrogen-bond acceptors (Lipinski definition) is 2. The number of rotatable bonds is 0. The molecule has 2 heterocycles. The van der Waals surface area contributed by atoms with Gasteiger partial charge < -0.3 is 9.64 Å². The summed E-state index contributed by atoms with van der Waals surface area (Å²) in [5, 5.41) is 0. The Balaban J connectivity index is 2.24. The monoisotopic (exact) mass is 125 g/mol. The van der Waals surface area contributed by atoms with Crippen molar-refractivity contribution in [2.45, 2.75) is 6.04 Å². The van der Waals surface area contributed by atoms with Crippen molar-refractivity contribution < 1.29 is 9.53 Å². The molecule has 9 heavy (non-hydrogen) atoms. The first-order valence-electron chi connectivity index (χ1n) is 2.94. The molecular formula is C6H7NO2. The van der Waals surface area contributed by atoms with E-state index in [1.54, 1.807) is 11.0 Å². The molecule has 0 aromatic rings. The first-order valence-corrected chi connectivity index (χ1v) is 2.94. The van der Waals surface area contributed by atoms with Crippen LogP contribution in [-0.4, -0.2) is 30.2 Å². The van der Waals surface area contributed by atoms with Gasteiger partial charge >= 0.3 is 0 Å². The smallest absolute Gasteiger partial charge is 0.248 e. The van der Waals surface area contributed by atoms with Gasteiger partial charge in [-0.15, -0.1) is 0 Å². The molecule has 2 aliphatic rings. The summed E-state index contributed by atoms with van der Waals surface area (Å²) in [4.78, 5) is 12.5. The molecule has 0 aliphatic carbocycles. The summed E-state index contributed by atoms with van der Waals surface area (Å²) in [6.45, 7) is 1.14. The Kier molecular flexibility index (Phi) is 0.873. The average molecular weight is 125 g/mol. The normalized spacial score (nSPS) is 31.8. The van der Waals surface area contributed by atoms with Gasteiger partial charge in [-0.25, -0.2) is 0 Å². The van der Waals surface area contributed by atoms with Crippen molar-refractivity contribution in [3.05, 3.63) is 12.2 Å². The summed E-state index contributed by atoms with van der Waals surface area (Å²) in [5.41, 5.74) is 0. The quantitative estimate of drug-likeness (QED) is 0.446. The van der Waals surface area contributed by atoms with Crippen LogP contribution < -0.4 is 0 Å². The van der Waals surface area contributed by atoms with E-state index in [0.717, 1.165) is 0 Å². The Hall–Kier alpha value is -0.830. The highest BCUT2D eigenvalue weighted by Crippen LogP contribution is 2.16. The molecule has 0 aromatic heterocycles. The van der Waals surface area contributed by atoms with E-state index in [2.05, 4.69) is 0 Å². The summed E-state index contributed by atoms with van der Waals surface area (Å²) >= 11 is 0. The summed E-state index contributed by atoms with van der Waals surface area (Å²) in [6, 6.07) is 0.234. The van der Waals surface area contributed by atoms with E-state index >= 15 is 0 Å². The maximum atomic E-state index is 10.8. The van der Waals surface area contributed by atoms with Crippen molar-refractivity contribution >= 4 is 5.91 Å². The fourth-order valence-corrected chi connectivity index (χ4v) is 1.13. The SMILES string of the molecule is O=C1C=C[C@H]2COCN12. The number of carbonyl (C=O) groups is 1. The lowest BCUT2D eigenvalue weighted by Crippen LogP contribution is -2.28. The van der Waals surface area contributed by atoms with Crippen LogP contribution in [-0.2, 0) is 9.53 Å². The molecule has 0 bridgehead atoms. The van der Waals surface area contributed by atoms with E-state index in [0.29, 0.717) is 13.3 Å².